The molecule has 86 valence electrons. The molecule has 0 aromatic rings. The van der Waals surface area contributed by atoms with Crippen molar-refractivity contribution in [3.05, 3.63) is 5.21 Å². The molecule has 0 heterocycles. The van der Waals surface area contributed by atoms with E-state index >= 15 is 0 Å². The number of unbranched alkanes of at least 4 members (excludes halogenated alkanes) is 1. The van der Waals surface area contributed by atoms with Crippen LogP contribution in [-0.4, -0.2) is 41.7 Å². The fourth-order valence-corrected chi connectivity index (χ4v) is 1.07. The Hall–Kier alpha value is -0.280. The average Bonchev–Trinajstić information content (AvgIpc) is 2.22. The first-order valence-electron chi connectivity index (χ1n) is 4.78. The van der Waals surface area contributed by atoms with Crippen LogP contribution in [0.3, 0.4) is 0 Å². The molecule has 0 rings (SSSR count). The summed E-state index contributed by atoms with van der Waals surface area (Å²) in [6.45, 7) is 2.27. The highest BCUT2D eigenvalue weighted by Gasteiger charge is 2.08. The van der Waals surface area contributed by atoms with Gasteiger partial charge in [0.1, 0.15) is 0 Å². The minimum Gasteiger partial charge on any atom is -0.772 e. The molecule has 0 saturated heterocycles. The molecule has 0 amide bonds. The SMILES string of the molecule is NCCCCN(CCCN)N(O)N[O-]. The summed E-state index contributed by atoms with van der Waals surface area (Å²) < 4.78 is 0. The lowest BCUT2D eigenvalue weighted by Crippen LogP contribution is -2.47. The highest BCUT2D eigenvalue weighted by Crippen LogP contribution is 1.97. The van der Waals surface area contributed by atoms with Gasteiger partial charge < -0.3 is 16.7 Å². The predicted octanol–water partition coefficient (Wildman–Crippen LogP) is -1.02. The molecule has 0 aliphatic rings. The molecular weight excluding hydrogens is 186 g/mol. The molecule has 0 aromatic carbocycles. The Balaban J connectivity index is 3.72. The van der Waals surface area contributed by atoms with Gasteiger partial charge in [0.15, 0.2) is 0 Å². The lowest BCUT2D eigenvalue weighted by atomic mass is 10.3. The zero-order valence-corrected chi connectivity index (χ0v) is 8.35. The second-order valence-electron chi connectivity index (χ2n) is 2.97. The summed E-state index contributed by atoms with van der Waals surface area (Å²) in [6.07, 6.45) is 2.42. The van der Waals surface area contributed by atoms with Crippen LogP contribution < -0.4 is 17.1 Å². The second kappa shape index (κ2) is 9.28. The molecule has 7 heteroatoms. The Morgan fingerprint density at radius 1 is 1.07 bits per heavy atom. The molecule has 7 nitrogen and oxygen atoms in total. The van der Waals surface area contributed by atoms with E-state index in [2.05, 4.69) is 0 Å². The fourth-order valence-electron chi connectivity index (χ4n) is 1.07. The van der Waals surface area contributed by atoms with Crippen LogP contribution >= 0.6 is 0 Å². The van der Waals surface area contributed by atoms with Gasteiger partial charge in [0.05, 0.1) is 0 Å². The Kier molecular flexibility index (Phi) is 9.10. The van der Waals surface area contributed by atoms with E-state index in [1.54, 1.807) is 0 Å². The Labute approximate surface area is 84.1 Å². The van der Waals surface area contributed by atoms with Crippen LogP contribution in [0.4, 0.5) is 0 Å². The molecule has 0 radical (unpaired) electrons. The van der Waals surface area contributed by atoms with Gasteiger partial charge in [-0.1, -0.05) is 5.28 Å². The third kappa shape index (κ3) is 6.22. The number of nitrogens with two attached hydrogens (primary N) is 2. The molecule has 0 aliphatic heterocycles. The van der Waals surface area contributed by atoms with Crippen molar-refractivity contribution in [1.29, 1.82) is 0 Å². The summed E-state index contributed by atoms with van der Waals surface area (Å²) in [6, 6.07) is 0. The van der Waals surface area contributed by atoms with Crippen molar-refractivity contribution in [2.24, 2.45) is 11.5 Å². The van der Waals surface area contributed by atoms with Crippen molar-refractivity contribution in [2.45, 2.75) is 19.3 Å². The molecule has 0 unspecified atom stereocenters. The second-order valence-corrected chi connectivity index (χ2v) is 2.97. The summed E-state index contributed by atoms with van der Waals surface area (Å²) >= 11 is 0. The maximum absolute atomic E-state index is 10.2. The highest BCUT2D eigenvalue weighted by atomic mass is 16.7. The third-order valence-electron chi connectivity index (χ3n) is 1.84. The van der Waals surface area contributed by atoms with E-state index in [1.807, 2.05) is 0 Å². The lowest BCUT2D eigenvalue weighted by molar-refractivity contribution is -0.273. The quantitative estimate of drug-likeness (QED) is 0.282. The minimum absolute atomic E-state index is 0.451. The van der Waals surface area contributed by atoms with E-state index in [0.29, 0.717) is 31.5 Å². The molecule has 0 aliphatic carbocycles. The van der Waals surface area contributed by atoms with Gasteiger partial charge in [0.25, 0.3) is 0 Å². The van der Waals surface area contributed by atoms with Crippen LogP contribution in [0.25, 0.3) is 0 Å². The van der Waals surface area contributed by atoms with E-state index in [-0.39, 0.29) is 0 Å². The number of hydrazine groups is 2. The predicted molar refractivity (Wildman–Crippen MR) is 53.7 cm³/mol. The zero-order valence-electron chi connectivity index (χ0n) is 8.35. The first-order chi connectivity index (χ1) is 6.76. The van der Waals surface area contributed by atoms with Gasteiger partial charge in [-0.2, -0.15) is 0 Å². The maximum Gasteiger partial charge on any atom is 0.0181 e. The third-order valence-corrected chi connectivity index (χ3v) is 1.84. The van der Waals surface area contributed by atoms with E-state index < -0.39 is 0 Å². The first-order valence-corrected chi connectivity index (χ1v) is 4.78. The molecule has 6 N–H and O–H groups in total. The van der Waals surface area contributed by atoms with Gasteiger partial charge in [-0.15, -0.1) is 0 Å². The summed E-state index contributed by atoms with van der Waals surface area (Å²) in [5, 5.41) is 21.2. The number of nitrogens with one attached hydrogen (secondary N) is 1. The van der Waals surface area contributed by atoms with Crippen LogP contribution in [0, 0.1) is 5.21 Å². The van der Waals surface area contributed by atoms with Crippen molar-refractivity contribution in [1.82, 2.24) is 15.9 Å². The monoisotopic (exact) mass is 206 g/mol. The Morgan fingerprint density at radius 3 is 2.14 bits per heavy atom. The molecule has 0 bridgehead atoms. The normalized spacial score (nSPS) is 11.6. The van der Waals surface area contributed by atoms with Crippen molar-refractivity contribution in [3.63, 3.8) is 0 Å². The summed E-state index contributed by atoms with van der Waals surface area (Å²) in [4.78, 5) is 0. The summed E-state index contributed by atoms with van der Waals surface area (Å²) in [5.41, 5.74) is 12.1. The average molecular weight is 206 g/mol. The first kappa shape index (κ1) is 13.7. The van der Waals surface area contributed by atoms with E-state index in [0.717, 1.165) is 19.3 Å². The summed E-state index contributed by atoms with van der Waals surface area (Å²) in [5.74, 6) is 0. The van der Waals surface area contributed by atoms with Crippen molar-refractivity contribution in [3.8, 4) is 0 Å². The smallest absolute Gasteiger partial charge is 0.0181 e. The number of hydrogen-bond acceptors (Lipinski definition) is 7. The maximum atomic E-state index is 10.2. The zero-order chi connectivity index (χ0) is 10.8. The fraction of sp³-hybridized carbons (Fsp3) is 1.00. The number of nitrogens with zero attached hydrogens (tertiary/aromatic N) is 2. The van der Waals surface area contributed by atoms with Gasteiger partial charge in [0, 0.05) is 13.1 Å². The van der Waals surface area contributed by atoms with Gasteiger partial charge in [-0.05, 0) is 32.4 Å². The molecule has 0 spiro atoms. The van der Waals surface area contributed by atoms with Gasteiger partial charge in [-0.25, -0.2) is 5.01 Å². The topological polar surface area (TPSA) is 114 Å². The van der Waals surface area contributed by atoms with Gasteiger partial charge in [-0.3, -0.25) is 10.8 Å². The Bertz CT molecular complexity index is 127. The lowest BCUT2D eigenvalue weighted by Gasteiger charge is -2.31. The Morgan fingerprint density at radius 2 is 1.64 bits per heavy atom. The van der Waals surface area contributed by atoms with E-state index in [9.17, 15) is 5.21 Å². The highest BCUT2D eigenvalue weighted by molar-refractivity contribution is 4.52. The molecule has 0 aromatic heterocycles. The van der Waals surface area contributed by atoms with E-state index in [1.165, 1.54) is 10.6 Å². The van der Waals surface area contributed by atoms with Crippen molar-refractivity contribution >= 4 is 0 Å². The van der Waals surface area contributed by atoms with E-state index in [4.69, 9.17) is 16.7 Å². The standard InChI is InChI=1S/C7H20N5O2/c8-4-1-2-6-11(7-3-5-9)12(14)10-13/h10,14H,1-9H2/q-1. The van der Waals surface area contributed by atoms with Crippen LogP contribution in [-0.2, 0) is 0 Å². The largest absolute Gasteiger partial charge is 0.772 e. The van der Waals surface area contributed by atoms with Crippen LogP contribution in [0.5, 0.6) is 0 Å². The number of rotatable bonds is 9. The van der Waals surface area contributed by atoms with Crippen molar-refractivity contribution < 1.29 is 5.21 Å². The minimum atomic E-state index is 0.451. The molecule has 0 atom stereocenters. The van der Waals surface area contributed by atoms with Gasteiger partial charge >= 0.3 is 0 Å². The van der Waals surface area contributed by atoms with Crippen LogP contribution in [0.1, 0.15) is 19.3 Å². The van der Waals surface area contributed by atoms with Crippen molar-refractivity contribution in [2.75, 3.05) is 26.2 Å². The summed E-state index contributed by atoms with van der Waals surface area (Å²) in [7, 11) is 0. The van der Waals surface area contributed by atoms with Crippen LogP contribution in [0.15, 0.2) is 0 Å². The molecular formula is C7H20N5O2-. The number of hydrogen-bond donors (Lipinski definition) is 4. The molecule has 0 saturated carbocycles. The molecule has 14 heavy (non-hydrogen) atoms. The van der Waals surface area contributed by atoms with Gasteiger partial charge in [0.2, 0.25) is 0 Å². The molecule has 0 fully saturated rings. The van der Waals surface area contributed by atoms with Crippen LogP contribution in [0.2, 0.25) is 0 Å².